The van der Waals surface area contributed by atoms with Crippen molar-refractivity contribution in [2.24, 2.45) is 0 Å². The summed E-state index contributed by atoms with van der Waals surface area (Å²) in [6.45, 7) is 4.75. The fourth-order valence-corrected chi connectivity index (χ4v) is 1.88. The maximum absolute atomic E-state index is 11.3. The first-order chi connectivity index (χ1) is 7.11. The van der Waals surface area contributed by atoms with E-state index in [1.807, 2.05) is 6.92 Å². The fourth-order valence-electron chi connectivity index (χ4n) is 0.687. The van der Waals surface area contributed by atoms with Crippen molar-refractivity contribution in [1.29, 1.82) is 0 Å². The van der Waals surface area contributed by atoms with Crippen LogP contribution in [-0.4, -0.2) is 42.5 Å². The molecule has 0 bridgehead atoms. The van der Waals surface area contributed by atoms with E-state index < -0.39 is 0 Å². The molecule has 15 heavy (non-hydrogen) atoms. The predicted molar refractivity (Wildman–Crippen MR) is 64.1 cm³/mol. The second-order valence-corrected chi connectivity index (χ2v) is 4.55. The Kier molecular flexibility index (Phi) is 8.74. The van der Waals surface area contributed by atoms with Crippen LogP contribution in [0.1, 0.15) is 13.8 Å². The standard InChI is InChI=1S/C9H16O4S2/c1-4-12-9(14)15-7(2)8(10)13-6-5-11-3/h7H,4-6H2,1-3H3. The number of hydrogen-bond acceptors (Lipinski definition) is 6. The molecule has 1 unspecified atom stereocenters. The molecule has 0 aliphatic rings. The minimum Gasteiger partial charge on any atom is -0.479 e. The molecule has 0 aromatic carbocycles. The van der Waals surface area contributed by atoms with Crippen LogP contribution < -0.4 is 0 Å². The zero-order valence-electron chi connectivity index (χ0n) is 9.15. The molecule has 6 heteroatoms. The number of esters is 1. The third-order valence-corrected chi connectivity index (χ3v) is 2.66. The van der Waals surface area contributed by atoms with Gasteiger partial charge in [-0.25, -0.2) is 0 Å². The molecule has 0 rings (SSSR count). The molecule has 0 aliphatic carbocycles. The van der Waals surface area contributed by atoms with Gasteiger partial charge < -0.3 is 14.2 Å². The van der Waals surface area contributed by atoms with Gasteiger partial charge in [-0.1, -0.05) is 11.8 Å². The molecule has 88 valence electrons. The van der Waals surface area contributed by atoms with Crippen LogP contribution in [0.5, 0.6) is 0 Å². The Morgan fingerprint density at radius 2 is 2.07 bits per heavy atom. The Labute approximate surface area is 99.6 Å². The lowest BCUT2D eigenvalue weighted by atomic mass is 10.5. The van der Waals surface area contributed by atoms with Gasteiger partial charge in [0, 0.05) is 7.11 Å². The summed E-state index contributed by atoms with van der Waals surface area (Å²) in [4.78, 5) is 11.3. The largest absolute Gasteiger partial charge is 0.479 e. The Bertz CT molecular complexity index is 208. The van der Waals surface area contributed by atoms with E-state index in [1.54, 1.807) is 14.0 Å². The van der Waals surface area contributed by atoms with Crippen molar-refractivity contribution >= 4 is 34.3 Å². The van der Waals surface area contributed by atoms with Gasteiger partial charge in [0.15, 0.2) is 0 Å². The highest BCUT2D eigenvalue weighted by molar-refractivity contribution is 8.23. The number of carbonyl (C=O) groups excluding carboxylic acids is 1. The van der Waals surface area contributed by atoms with Crippen LogP contribution in [-0.2, 0) is 19.0 Å². The van der Waals surface area contributed by atoms with Gasteiger partial charge >= 0.3 is 5.97 Å². The SMILES string of the molecule is CCOC(=S)SC(C)C(=O)OCCOC. The van der Waals surface area contributed by atoms with Gasteiger partial charge in [-0.15, -0.1) is 0 Å². The first-order valence-corrected chi connectivity index (χ1v) is 5.89. The van der Waals surface area contributed by atoms with Crippen LogP contribution in [0.3, 0.4) is 0 Å². The second-order valence-electron chi connectivity index (χ2n) is 2.60. The first kappa shape index (κ1) is 14.7. The van der Waals surface area contributed by atoms with Gasteiger partial charge in [-0.05, 0) is 26.1 Å². The summed E-state index contributed by atoms with van der Waals surface area (Å²) in [5, 5.41) is -0.346. The smallest absolute Gasteiger partial charge is 0.319 e. The minimum atomic E-state index is -0.346. The second kappa shape index (κ2) is 8.94. The van der Waals surface area contributed by atoms with Crippen molar-refractivity contribution in [3.8, 4) is 0 Å². The molecule has 0 aromatic rings. The molecule has 0 fully saturated rings. The molecule has 0 N–H and O–H groups in total. The minimum absolute atomic E-state index is 0.266. The highest BCUT2D eigenvalue weighted by atomic mass is 32.2. The number of carbonyl (C=O) groups is 1. The van der Waals surface area contributed by atoms with Gasteiger partial charge in [-0.3, -0.25) is 4.79 Å². The summed E-state index contributed by atoms with van der Waals surface area (Å²) in [6, 6.07) is 0. The number of thioether (sulfide) groups is 1. The van der Waals surface area contributed by atoms with E-state index in [1.165, 1.54) is 11.8 Å². The molecule has 0 saturated carbocycles. The molecule has 1 atom stereocenters. The molecule has 0 amide bonds. The van der Waals surface area contributed by atoms with E-state index in [-0.39, 0.29) is 17.8 Å². The molecule has 0 saturated heterocycles. The number of methoxy groups -OCH3 is 1. The molecule has 0 aromatic heterocycles. The highest BCUT2D eigenvalue weighted by Gasteiger charge is 2.17. The fraction of sp³-hybridized carbons (Fsp3) is 0.778. The van der Waals surface area contributed by atoms with E-state index >= 15 is 0 Å². The third kappa shape index (κ3) is 7.58. The molecular formula is C9H16O4S2. The predicted octanol–water partition coefficient (Wildman–Crippen LogP) is 1.62. The molecular weight excluding hydrogens is 236 g/mol. The van der Waals surface area contributed by atoms with Gasteiger partial charge in [0.2, 0.25) is 4.38 Å². The Morgan fingerprint density at radius 3 is 2.60 bits per heavy atom. The Balaban J connectivity index is 3.73. The van der Waals surface area contributed by atoms with Crippen LogP contribution >= 0.6 is 24.0 Å². The zero-order chi connectivity index (χ0) is 11.7. The molecule has 0 spiro atoms. The number of rotatable bonds is 6. The van der Waals surface area contributed by atoms with Crippen molar-refractivity contribution in [3.63, 3.8) is 0 Å². The zero-order valence-corrected chi connectivity index (χ0v) is 10.8. The summed E-state index contributed by atoms with van der Waals surface area (Å²) in [5.74, 6) is -0.306. The van der Waals surface area contributed by atoms with Crippen molar-refractivity contribution in [2.75, 3.05) is 26.9 Å². The van der Waals surface area contributed by atoms with Gasteiger partial charge in [0.05, 0.1) is 13.2 Å². The lowest BCUT2D eigenvalue weighted by Crippen LogP contribution is -2.20. The summed E-state index contributed by atoms with van der Waals surface area (Å²) < 4.78 is 15.1. The Hall–Kier alpha value is -0.330. The molecule has 0 aliphatic heterocycles. The van der Waals surface area contributed by atoms with E-state index in [9.17, 15) is 4.79 Å². The van der Waals surface area contributed by atoms with E-state index in [0.717, 1.165) is 0 Å². The van der Waals surface area contributed by atoms with Crippen LogP contribution in [0.15, 0.2) is 0 Å². The third-order valence-electron chi connectivity index (χ3n) is 1.40. The normalized spacial score (nSPS) is 11.9. The lowest BCUT2D eigenvalue weighted by molar-refractivity contribution is -0.143. The maximum Gasteiger partial charge on any atom is 0.319 e. The number of thiocarbonyl (C=S) groups is 1. The lowest BCUT2D eigenvalue weighted by Gasteiger charge is -2.11. The Morgan fingerprint density at radius 1 is 1.40 bits per heavy atom. The molecule has 4 nitrogen and oxygen atoms in total. The van der Waals surface area contributed by atoms with E-state index in [0.29, 0.717) is 17.6 Å². The molecule has 0 radical (unpaired) electrons. The van der Waals surface area contributed by atoms with Crippen LogP contribution in [0, 0.1) is 0 Å². The van der Waals surface area contributed by atoms with Gasteiger partial charge in [0.25, 0.3) is 0 Å². The summed E-state index contributed by atoms with van der Waals surface area (Å²) in [6.07, 6.45) is 0. The van der Waals surface area contributed by atoms with Crippen molar-refractivity contribution < 1.29 is 19.0 Å². The van der Waals surface area contributed by atoms with Gasteiger partial charge in [-0.2, -0.15) is 0 Å². The first-order valence-electron chi connectivity index (χ1n) is 4.60. The summed E-state index contributed by atoms with van der Waals surface area (Å²) in [7, 11) is 1.55. The van der Waals surface area contributed by atoms with Crippen molar-refractivity contribution in [1.82, 2.24) is 0 Å². The number of ether oxygens (including phenoxy) is 3. The monoisotopic (exact) mass is 252 g/mol. The quantitative estimate of drug-likeness (QED) is 0.406. The maximum atomic E-state index is 11.3. The van der Waals surface area contributed by atoms with Gasteiger partial charge in [0.1, 0.15) is 11.9 Å². The van der Waals surface area contributed by atoms with Crippen LogP contribution in [0.4, 0.5) is 0 Å². The highest BCUT2D eigenvalue weighted by Crippen LogP contribution is 2.15. The van der Waals surface area contributed by atoms with Crippen molar-refractivity contribution in [2.45, 2.75) is 19.1 Å². The topological polar surface area (TPSA) is 44.8 Å². The summed E-state index contributed by atoms with van der Waals surface area (Å²) >= 11 is 6.08. The van der Waals surface area contributed by atoms with E-state index in [4.69, 9.17) is 26.4 Å². The average molecular weight is 252 g/mol. The van der Waals surface area contributed by atoms with Crippen molar-refractivity contribution in [3.05, 3.63) is 0 Å². The van der Waals surface area contributed by atoms with E-state index in [2.05, 4.69) is 0 Å². The van der Waals surface area contributed by atoms with Crippen LogP contribution in [0.2, 0.25) is 0 Å². The average Bonchev–Trinajstić information content (AvgIpc) is 2.18. The van der Waals surface area contributed by atoms with Crippen LogP contribution in [0.25, 0.3) is 0 Å². The number of hydrogen-bond donors (Lipinski definition) is 0. The molecule has 0 heterocycles. The summed E-state index contributed by atoms with van der Waals surface area (Å²) in [5.41, 5.74) is 0.